The molecule has 2 aliphatic heterocycles. The smallest absolute Gasteiger partial charge is 0.137 e. The maximum absolute atomic E-state index is 5.47. The van der Waals surface area contributed by atoms with Crippen molar-refractivity contribution in [2.45, 2.75) is 26.1 Å². The minimum atomic E-state index is 0.691. The van der Waals surface area contributed by atoms with Gasteiger partial charge in [0, 0.05) is 32.4 Å². The van der Waals surface area contributed by atoms with Crippen LogP contribution in [0.1, 0.15) is 17.9 Å². The SMILES string of the molecule is c1ncn(Cc2cn3c(n2)CN(C[C@@H]2CCOC2)CC3)n1. The molecule has 2 aromatic rings. The molecule has 1 atom stereocenters. The molecule has 0 bridgehead atoms. The Hall–Kier alpha value is -1.73. The summed E-state index contributed by atoms with van der Waals surface area (Å²) in [7, 11) is 0. The molecule has 0 radical (unpaired) electrons. The van der Waals surface area contributed by atoms with Gasteiger partial charge in [0.05, 0.1) is 25.4 Å². The summed E-state index contributed by atoms with van der Waals surface area (Å²) >= 11 is 0. The molecule has 21 heavy (non-hydrogen) atoms. The van der Waals surface area contributed by atoms with Gasteiger partial charge in [-0.1, -0.05) is 0 Å². The molecule has 2 aliphatic rings. The Balaban J connectivity index is 1.41. The zero-order valence-corrected chi connectivity index (χ0v) is 12.1. The molecule has 1 fully saturated rings. The Morgan fingerprint density at radius 1 is 1.33 bits per heavy atom. The third-order valence-corrected chi connectivity index (χ3v) is 4.26. The first kappa shape index (κ1) is 13.0. The van der Waals surface area contributed by atoms with Gasteiger partial charge in [0.1, 0.15) is 18.5 Å². The lowest BCUT2D eigenvalue weighted by Crippen LogP contribution is -2.37. The lowest BCUT2D eigenvalue weighted by molar-refractivity contribution is 0.152. The number of imidazole rings is 1. The van der Waals surface area contributed by atoms with Crippen LogP contribution in [-0.4, -0.2) is 55.5 Å². The van der Waals surface area contributed by atoms with Gasteiger partial charge in [-0.25, -0.2) is 14.6 Å². The minimum absolute atomic E-state index is 0.691. The fraction of sp³-hybridized carbons (Fsp3) is 0.643. The third-order valence-electron chi connectivity index (χ3n) is 4.26. The lowest BCUT2D eigenvalue weighted by Gasteiger charge is -2.29. The van der Waals surface area contributed by atoms with Gasteiger partial charge in [-0.15, -0.1) is 0 Å². The number of ether oxygens (including phenoxy) is 1. The Bertz CT molecular complexity index is 587. The Labute approximate surface area is 123 Å². The van der Waals surface area contributed by atoms with Crippen molar-refractivity contribution in [1.82, 2.24) is 29.2 Å². The second kappa shape index (κ2) is 5.57. The third kappa shape index (κ3) is 2.84. The van der Waals surface area contributed by atoms with Crippen LogP contribution < -0.4 is 0 Å². The van der Waals surface area contributed by atoms with Crippen molar-refractivity contribution >= 4 is 0 Å². The predicted octanol–water partition coefficient (Wildman–Crippen LogP) is 0.375. The first-order valence-corrected chi connectivity index (χ1v) is 7.54. The highest BCUT2D eigenvalue weighted by Crippen LogP contribution is 2.18. The van der Waals surface area contributed by atoms with Crippen molar-refractivity contribution in [2.24, 2.45) is 5.92 Å². The number of aromatic nitrogens is 5. The fourth-order valence-electron chi connectivity index (χ4n) is 3.17. The Morgan fingerprint density at radius 2 is 2.33 bits per heavy atom. The highest BCUT2D eigenvalue weighted by molar-refractivity contribution is 5.06. The Morgan fingerprint density at radius 3 is 3.14 bits per heavy atom. The molecule has 7 nitrogen and oxygen atoms in total. The highest BCUT2D eigenvalue weighted by Gasteiger charge is 2.23. The van der Waals surface area contributed by atoms with Crippen LogP contribution in [0.3, 0.4) is 0 Å². The molecule has 4 heterocycles. The van der Waals surface area contributed by atoms with Crippen molar-refractivity contribution < 1.29 is 4.74 Å². The first-order chi connectivity index (χ1) is 10.4. The van der Waals surface area contributed by atoms with Gasteiger partial charge in [0.15, 0.2) is 0 Å². The normalized spacial score (nSPS) is 22.6. The summed E-state index contributed by atoms with van der Waals surface area (Å²) in [6.07, 6.45) is 6.63. The van der Waals surface area contributed by atoms with Gasteiger partial charge in [-0.3, -0.25) is 4.90 Å². The van der Waals surface area contributed by atoms with Crippen molar-refractivity contribution in [2.75, 3.05) is 26.3 Å². The summed E-state index contributed by atoms with van der Waals surface area (Å²) in [5.74, 6) is 1.86. The first-order valence-electron chi connectivity index (χ1n) is 7.54. The van der Waals surface area contributed by atoms with Crippen molar-refractivity contribution in [1.29, 1.82) is 0 Å². The monoisotopic (exact) mass is 288 g/mol. The van der Waals surface area contributed by atoms with Gasteiger partial charge < -0.3 is 9.30 Å². The van der Waals surface area contributed by atoms with E-state index in [0.717, 1.165) is 50.9 Å². The number of nitrogens with zero attached hydrogens (tertiary/aromatic N) is 6. The second-order valence-electron chi connectivity index (χ2n) is 5.90. The number of rotatable bonds is 4. The van der Waals surface area contributed by atoms with Crippen LogP contribution in [0.25, 0.3) is 0 Å². The highest BCUT2D eigenvalue weighted by atomic mass is 16.5. The predicted molar refractivity (Wildman–Crippen MR) is 75.6 cm³/mol. The summed E-state index contributed by atoms with van der Waals surface area (Å²) in [5, 5.41) is 4.13. The van der Waals surface area contributed by atoms with E-state index in [1.807, 2.05) is 4.68 Å². The van der Waals surface area contributed by atoms with Crippen LogP contribution in [-0.2, 0) is 24.4 Å². The molecule has 0 aromatic carbocycles. The summed E-state index contributed by atoms with van der Waals surface area (Å²) in [6.45, 7) is 6.73. The van der Waals surface area contributed by atoms with E-state index < -0.39 is 0 Å². The average molecular weight is 288 g/mol. The molecule has 0 amide bonds. The van der Waals surface area contributed by atoms with Crippen LogP contribution in [0.2, 0.25) is 0 Å². The summed E-state index contributed by atoms with van der Waals surface area (Å²) in [4.78, 5) is 11.2. The number of hydrogen-bond acceptors (Lipinski definition) is 5. The maximum atomic E-state index is 5.47. The summed E-state index contributed by atoms with van der Waals surface area (Å²) < 4.78 is 9.55. The van der Waals surface area contributed by atoms with E-state index in [1.165, 1.54) is 6.42 Å². The number of hydrogen-bond donors (Lipinski definition) is 0. The quantitative estimate of drug-likeness (QED) is 0.814. The van der Waals surface area contributed by atoms with Crippen LogP contribution in [0, 0.1) is 5.92 Å². The molecule has 0 N–H and O–H groups in total. The zero-order chi connectivity index (χ0) is 14.1. The van der Waals surface area contributed by atoms with Gasteiger partial charge in [0.2, 0.25) is 0 Å². The van der Waals surface area contributed by atoms with Gasteiger partial charge in [0.25, 0.3) is 0 Å². The van der Waals surface area contributed by atoms with E-state index in [0.29, 0.717) is 12.5 Å². The molecule has 0 saturated carbocycles. The molecule has 0 unspecified atom stereocenters. The van der Waals surface area contributed by atoms with Crippen molar-refractivity contribution in [3.05, 3.63) is 30.4 Å². The van der Waals surface area contributed by atoms with Gasteiger partial charge >= 0.3 is 0 Å². The van der Waals surface area contributed by atoms with Gasteiger partial charge in [-0.05, 0) is 12.3 Å². The van der Waals surface area contributed by atoms with E-state index in [4.69, 9.17) is 9.72 Å². The minimum Gasteiger partial charge on any atom is -0.381 e. The average Bonchev–Trinajstić information content (AvgIpc) is 3.19. The molecule has 1 saturated heterocycles. The molecule has 0 aliphatic carbocycles. The van der Waals surface area contributed by atoms with E-state index in [1.54, 1.807) is 12.7 Å². The fourth-order valence-corrected chi connectivity index (χ4v) is 3.17. The Kier molecular flexibility index (Phi) is 3.44. The topological polar surface area (TPSA) is 61.0 Å². The maximum Gasteiger partial charge on any atom is 0.137 e. The molecular formula is C14H20N6O. The van der Waals surface area contributed by atoms with E-state index in [9.17, 15) is 0 Å². The molecule has 4 rings (SSSR count). The van der Waals surface area contributed by atoms with Crippen LogP contribution in [0.15, 0.2) is 18.9 Å². The summed E-state index contributed by atoms with van der Waals surface area (Å²) in [6, 6.07) is 0. The standard InChI is InChI=1S/C14H20N6O/c1-4-21-9-12(1)5-18-2-3-19-6-13(17-14(19)8-18)7-20-11-15-10-16-20/h6,10-12H,1-5,7-9H2/t12-/m0/s1. The second-order valence-corrected chi connectivity index (χ2v) is 5.90. The van der Waals surface area contributed by atoms with E-state index in [-0.39, 0.29) is 0 Å². The molecule has 112 valence electrons. The van der Waals surface area contributed by atoms with E-state index >= 15 is 0 Å². The van der Waals surface area contributed by atoms with Crippen molar-refractivity contribution in [3.63, 3.8) is 0 Å². The zero-order valence-electron chi connectivity index (χ0n) is 12.1. The number of fused-ring (bicyclic) bond motifs is 1. The molecule has 7 heteroatoms. The van der Waals surface area contributed by atoms with Crippen LogP contribution in [0.4, 0.5) is 0 Å². The van der Waals surface area contributed by atoms with Crippen molar-refractivity contribution in [3.8, 4) is 0 Å². The molecule has 2 aromatic heterocycles. The molecular weight excluding hydrogens is 268 g/mol. The summed E-state index contributed by atoms with van der Waals surface area (Å²) in [5.41, 5.74) is 1.06. The van der Waals surface area contributed by atoms with E-state index in [2.05, 4.69) is 25.7 Å². The van der Waals surface area contributed by atoms with Crippen LogP contribution in [0.5, 0.6) is 0 Å². The van der Waals surface area contributed by atoms with Gasteiger partial charge in [-0.2, -0.15) is 5.10 Å². The lowest BCUT2D eigenvalue weighted by atomic mass is 10.1. The molecule has 0 spiro atoms. The van der Waals surface area contributed by atoms with Crippen LogP contribution >= 0.6 is 0 Å². The largest absolute Gasteiger partial charge is 0.381 e.